The highest BCUT2D eigenvalue weighted by atomic mass is 32.2. The third-order valence-electron chi connectivity index (χ3n) is 6.20. The van der Waals surface area contributed by atoms with Crippen LogP contribution >= 0.6 is 0 Å². The average molecular weight is 494 g/mol. The molecule has 0 atom stereocenters. The fraction of sp³-hybridized carbons (Fsp3) is 0.222. The molecule has 6 nitrogen and oxygen atoms in total. The number of rotatable bonds is 7. The smallest absolute Gasteiger partial charge is 0.251 e. The van der Waals surface area contributed by atoms with Crippen LogP contribution < -0.4 is 5.32 Å². The minimum Gasteiger partial charge on any atom is -0.356 e. The summed E-state index contributed by atoms with van der Waals surface area (Å²) in [6.45, 7) is 4.29. The number of carbonyl (C=O) groups is 1. The van der Waals surface area contributed by atoms with E-state index in [4.69, 9.17) is 0 Å². The SMILES string of the molecule is Cc1[nH]c2c(F)ccc(C)c2c1CCNC(=O)c1ccc(-c2ccc(S(=O)(=O)N(C)C)cc2)cc1. The fourth-order valence-electron chi connectivity index (χ4n) is 4.20. The number of fused-ring (bicyclic) bond motifs is 1. The van der Waals surface area contributed by atoms with Gasteiger partial charge in [-0.25, -0.2) is 17.1 Å². The summed E-state index contributed by atoms with van der Waals surface area (Å²) in [4.78, 5) is 16.0. The van der Waals surface area contributed by atoms with E-state index in [1.807, 2.05) is 26.0 Å². The van der Waals surface area contributed by atoms with Crippen LogP contribution in [-0.2, 0) is 16.4 Å². The number of H-pyrrole nitrogens is 1. The van der Waals surface area contributed by atoms with E-state index in [1.54, 1.807) is 42.5 Å². The number of nitrogens with zero attached hydrogens (tertiary/aromatic N) is 1. The highest BCUT2D eigenvalue weighted by molar-refractivity contribution is 7.89. The van der Waals surface area contributed by atoms with Crippen molar-refractivity contribution < 1.29 is 17.6 Å². The van der Waals surface area contributed by atoms with Crippen molar-refractivity contribution in [2.24, 2.45) is 0 Å². The first-order chi connectivity index (χ1) is 16.6. The van der Waals surface area contributed by atoms with Crippen molar-refractivity contribution in [1.29, 1.82) is 0 Å². The highest BCUT2D eigenvalue weighted by Gasteiger charge is 2.17. The minimum absolute atomic E-state index is 0.190. The molecule has 0 aliphatic carbocycles. The van der Waals surface area contributed by atoms with Gasteiger partial charge in [0.15, 0.2) is 0 Å². The first kappa shape index (κ1) is 24.6. The second-order valence-corrected chi connectivity index (χ2v) is 10.9. The van der Waals surface area contributed by atoms with Crippen molar-refractivity contribution in [3.63, 3.8) is 0 Å². The quantitative estimate of drug-likeness (QED) is 0.388. The number of carbonyl (C=O) groups excluding carboxylic acids is 1. The molecule has 0 bridgehead atoms. The Labute approximate surface area is 204 Å². The predicted molar refractivity (Wildman–Crippen MR) is 137 cm³/mol. The average Bonchev–Trinajstić information content (AvgIpc) is 3.18. The topological polar surface area (TPSA) is 82.3 Å². The molecule has 0 unspecified atom stereocenters. The van der Waals surface area contributed by atoms with Crippen molar-refractivity contribution in [3.8, 4) is 11.1 Å². The van der Waals surface area contributed by atoms with Gasteiger partial charge in [0.2, 0.25) is 10.0 Å². The van der Waals surface area contributed by atoms with Crippen LogP contribution in [0, 0.1) is 19.7 Å². The summed E-state index contributed by atoms with van der Waals surface area (Å²) < 4.78 is 39.8. The Balaban J connectivity index is 1.42. The van der Waals surface area contributed by atoms with E-state index in [0.717, 1.165) is 33.3 Å². The third kappa shape index (κ3) is 4.85. The van der Waals surface area contributed by atoms with Crippen molar-refractivity contribution in [2.75, 3.05) is 20.6 Å². The standard InChI is InChI=1S/C27H28FN3O3S/c1-17-5-14-24(28)26-25(17)23(18(2)30-26)15-16-29-27(32)21-8-6-19(7-9-21)20-10-12-22(13-11-20)35(33,34)31(3)4/h5-14,30H,15-16H2,1-4H3,(H,29,32). The molecule has 1 aromatic heterocycles. The van der Waals surface area contributed by atoms with Crippen LogP contribution in [0.25, 0.3) is 22.0 Å². The maximum Gasteiger partial charge on any atom is 0.251 e. The molecule has 182 valence electrons. The van der Waals surface area contributed by atoms with E-state index in [2.05, 4.69) is 10.3 Å². The number of hydrogen-bond acceptors (Lipinski definition) is 3. The van der Waals surface area contributed by atoms with Crippen molar-refractivity contribution >= 4 is 26.8 Å². The molecule has 35 heavy (non-hydrogen) atoms. The number of aromatic amines is 1. The summed E-state index contributed by atoms with van der Waals surface area (Å²) in [5.41, 5.74) is 5.66. The summed E-state index contributed by atoms with van der Waals surface area (Å²) in [6.07, 6.45) is 0.585. The van der Waals surface area contributed by atoms with E-state index in [-0.39, 0.29) is 16.6 Å². The number of benzene rings is 3. The Hall–Kier alpha value is -3.49. The maximum absolute atomic E-state index is 14.2. The van der Waals surface area contributed by atoms with Gasteiger partial charge in [-0.05, 0) is 72.9 Å². The Morgan fingerprint density at radius 2 is 1.54 bits per heavy atom. The number of halogens is 1. The lowest BCUT2D eigenvalue weighted by molar-refractivity contribution is 0.0954. The first-order valence-electron chi connectivity index (χ1n) is 11.3. The van der Waals surface area contributed by atoms with Gasteiger partial charge >= 0.3 is 0 Å². The molecule has 0 aliphatic heterocycles. The lowest BCUT2D eigenvalue weighted by atomic mass is 10.0. The largest absolute Gasteiger partial charge is 0.356 e. The van der Waals surface area contributed by atoms with Gasteiger partial charge in [-0.2, -0.15) is 0 Å². The lowest BCUT2D eigenvalue weighted by Gasteiger charge is -2.12. The minimum atomic E-state index is -3.48. The predicted octanol–water partition coefficient (Wildman–Crippen LogP) is 4.81. The van der Waals surface area contributed by atoms with Gasteiger partial charge in [-0.1, -0.05) is 30.3 Å². The first-order valence-corrected chi connectivity index (χ1v) is 12.7. The Morgan fingerprint density at radius 1 is 0.943 bits per heavy atom. The molecule has 4 rings (SSSR count). The highest BCUT2D eigenvalue weighted by Crippen LogP contribution is 2.28. The zero-order valence-corrected chi connectivity index (χ0v) is 21.0. The normalized spacial score (nSPS) is 11.8. The van der Waals surface area contributed by atoms with Gasteiger partial charge in [0, 0.05) is 37.3 Å². The van der Waals surface area contributed by atoms with Crippen LogP contribution in [0.2, 0.25) is 0 Å². The number of aryl methyl sites for hydroxylation is 2. The molecule has 4 aromatic rings. The molecular formula is C27H28FN3O3S. The molecule has 0 saturated heterocycles. The van der Waals surface area contributed by atoms with E-state index in [0.29, 0.717) is 24.0 Å². The molecule has 0 aliphatic rings. The van der Waals surface area contributed by atoms with E-state index >= 15 is 0 Å². The van der Waals surface area contributed by atoms with E-state index in [1.165, 1.54) is 24.5 Å². The lowest BCUT2D eigenvalue weighted by Crippen LogP contribution is -2.25. The number of nitrogens with one attached hydrogen (secondary N) is 2. The second kappa shape index (κ2) is 9.64. The molecule has 1 heterocycles. The molecule has 0 fully saturated rings. The van der Waals surface area contributed by atoms with Crippen LogP contribution in [0.5, 0.6) is 0 Å². The van der Waals surface area contributed by atoms with Crippen LogP contribution in [0.15, 0.2) is 65.6 Å². The zero-order valence-electron chi connectivity index (χ0n) is 20.1. The maximum atomic E-state index is 14.2. The van der Waals surface area contributed by atoms with Gasteiger partial charge in [-0.15, -0.1) is 0 Å². The van der Waals surface area contributed by atoms with Crippen LogP contribution in [0.4, 0.5) is 4.39 Å². The molecule has 3 aromatic carbocycles. The summed E-state index contributed by atoms with van der Waals surface area (Å²) in [6, 6.07) is 17.0. The van der Waals surface area contributed by atoms with Gasteiger partial charge < -0.3 is 10.3 Å². The number of sulfonamides is 1. The zero-order chi connectivity index (χ0) is 25.3. The number of aromatic nitrogens is 1. The number of amides is 1. The molecule has 2 N–H and O–H groups in total. The summed E-state index contributed by atoms with van der Waals surface area (Å²) in [5, 5.41) is 3.82. The van der Waals surface area contributed by atoms with Gasteiger partial charge in [0.1, 0.15) is 5.82 Å². The Bertz CT molecular complexity index is 1490. The molecule has 0 saturated carbocycles. The molecule has 1 amide bonds. The van der Waals surface area contributed by atoms with Gasteiger partial charge in [-0.3, -0.25) is 4.79 Å². The molecule has 8 heteroatoms. The van der Waals surface area contributed by atoms with Crippen LogP contribution in [0.3, 0.4) is 0 Å². The van der Waals surface area contributed by atoms with Gasteiger partial charge in [0.05, 0.1) is 10.4 Å². The van der Waals surface area contributed by atoms with Crippen LogP contribution in [-0.4, -0.2) is 44.3 Å². The number of hydrogen-bond donors (Lipinski definition) is 2. The fourth-order valence-corrected chi connectivity index (χ4v) is 5.10. The van der Waals surface area contributed by atoms with Crippen molar-refractivity contribution in [1.82, 2.24) is 14.6 Å². The summed E-state index contributed by atoms with van der Waals surface area (Å²) >= 11 is 0. The second-order valence-electron chi connectivity index (χ2n) is 8.74. The molecule has 0 radical (unpaired) electrons. The van der Waals surface area contributed by atoms with Crippen molar-refractivity contribution in [2.45, 2.75) is 25.2 Å². The monoisotopic (exact) mass is 493 g/mol. The molecular weight excluding hydrogens is 465 g/mol. The van der Waals surface area contributed by atoms with Gasteiger partial charge in [0.25, 0.3) is 5.91 Å². The third-order valence-corrected chi connectivity index (χ3v) is 8.03. The Kier molecular flexibility index (Phi) is 6.78. The van der Waals surface area contributed by atoms with E-state index in [9.17, 15) is 17.6 Å². The summed E-state index contributed by atoms with van der Waals surface area (Å²) in [5.74, 6) is -0.470. The summed E-state index contributed by atoms with van der Waals surface area (Å²) in [7, 11) is -0.488. The van der Waals surface area contributed by atoms with Crippen molar-refractivity contribution in [3.05, 3.63) is 88.9 Å². The van der Waals surface area contributed by atoms with E-state index < -0.39 is 10.0 Å². The Morgan fingerprint density at radius 3 is 2.14 bits per heavy atom. The molecule has 0 spiro atoms. The van der Waals surface area contributed by atoms with Crippen LogP contribution in [0.1, 0.15) is 27.2 Å².